The molecule has 3 aromatic heterocycles. The predicted molar refractivity (Wildman–Crippen MR) is 142 cm³/mol. The van der Waals surface area contributed by atoms with Crippen LogP contribution in [0.1, 0.15) is 12.7 Å². The van der Waals surface area contributed by atoms with Crippen LogP contribution in [-0.2, 0) is 4.74 Å². The second-order valence-corrected chi connectivity index (χ2v) is 9.64. The van der Waals surface area contributed by atoms with Gasteiger partial charge in [0.05, 0.1) is 52.6 Å². The summed E-state index contributed by atoms with van der Waals surface area (Å²) in [7, 11) is 1.51. The molecule has 0 spiro atoms. The number of carbonyl (C=O) groups excluding carboxylic acids is 1. The molecule has 5 aromatic rings. The van der Waals surface area contributed by atoms with Gasteiger partial charge < -0.3 is 14.2 Å². The summed E-state index contributed by atoms with van der Waals surface area (Å²) in [6.07, 6.45) is 3.11. The van der Waals surface area contributed by atoms with E-state index in [-0.39, 0.29) is 12.4 Å². The number of aromatic nitrogens is 5. The normalized spacial score (nSPS) is 11.9. The molecule has 0 aliphatic heterocycles. The summed E-state index contributed by atoms with van der Waals surface area (Å²) >= 11 is 7.65. The quantitative estimate of drug-likeness (QED) is 0.265. The van der Waals surface area contributed by atoms with Crippen molar-refractivity contribution in [3.8, 4) is 22.2 Å². The zero-order chi connectivity index (χ0) is 26.8. The molecule has 0 bridgehead atoms. The van der Waals surface area contributed by atoms with Crippen molar-refractivity contribution < 1.29 is 23.4 Å². The average Bonchev–Trinajstić information content (AvgIpc) is 3.30. The first-order chi connectivity index (χ1) is 18.3. The molecule has 0 aliphatic carbocycles. The molecule has 0 fully saturated rings. The number of nitrogens with one attached hydrogen (secondary N) is 1. The number of carbonyl (C=O) groups is 1. The lowest BCUT2D eigenvalue weighted by atomic mass is 10.2. The Balaban J connectivity index is 1.32. The molecular formula is C25H20ClFN6O4S. The second-order valence-electron chi connectivity index (χ2n) is 8.17. The van der Waals surface area contributed by atoms with Crippen LogP contribution in [-0.4, -0.2) is 50.8 Å². The maximum absolute atomic E-state index is 14.9. The van der Waals surface area contributed by atoms with Crippen LogP contribution in [0.3, 0.4) is 0 Å². The van der Waals surface area contributed by atoms with E-state index in [9.17, 15) is 9.18 Å². The number of benzene rings is 2. The Bertz CT molecular complexity index is 1650. The van der Waals surface area contributed by atoms with E-state index in [1.165, 1.54) is 43.1 Å². The molecule has 0 saturated heterocycles. The van der Waals surface area contributed by atoms with Gasteiger partial charge >= 0.3 is 6.09 Å². The number of halogens is 2. The van der Waals surface area contributed by atoms with Crippen LogP contribution in [0.2, 0.25) is 5.02 Å². The monoisotopic (exact) mass is 554 g/mol. The van der Waals surface area contributed by atoms with Crippen LogP contribution >= 0.6 is 22.9 Å². The number of hydrogen-bond donors (Lipinski definition) is 1. The number of fused-ring (bicyclic) bond motifs is 2. The van der Waals surface area contributed by atoms with Gasteiger partial charge in [0.1, 0.15) is 23.5 Å². The number of aryl methyl sites for hydroxylation is 1. The van der Waals surface area contributed by atoms with E-state index < -0.39 is 18.0 Å². The predicted octanol–water partition coefficient (Wildman–Crippen LogP) is 5.82. The number of methoxy groups -OCH3 is 1. The van der Waals surface area contributed by atoms with Crippen LogP contribution in [0.5, 0.6) is 11.6 Å². The summed E-state index contributed by atoms with van der Waals surface area (Å²) in [5.74, 6) is 0.353. The third kappa shape index (κ3) is 5.55. The summed E-state index contributed by atoms with van der Waals surface area (Å²) in [6, 6.07) is 6.29. The highest BCUT2D eigenvalue weighted by atomic mass is 35.5. The van der Waals surface area contributed by atoms with Crippen molar-refractivity contribution in [1.82, 2.24) is 24.9 Å². The molecule has 38 heavy (non-hydrogen) atoms. The van der Waals surface area contributed by atoms with Crippen molar-refractivity contribution in [3.63, 3.8) is 0 Å². The Morgan fingerprint density at radius 1 is 1.11 bits per heavy atom. The fourth-order valence-corrected chi connectivity index (χ4v) is 4.73. The highest BCUT2D eigenvalue weighted by Crippen LogP contribution is 2.37. The van der Waals surface area contributed by atoms with E-state index in [0.717, 1.165) is 0 Å². The maximum Gasteiger partial charge on any atom is 0.411 e. The number of thiazole rings is 1. The molecule has 0 aliphatic rings. The number of rotatable bonds is 7. The van der Waals surface area contributed by atoms with Crippen LogP contribution < -0.4 is 14.8 Å². The van der Waals surface area contributed by atoms with E-state index in [1.54, 1.807) is 32.0 Å². The first kappa shape index (κ1) is 25.5. The zero-order valence-corrected chi connectivity index (χ0v) is 21.9. The third-order valence-corrected chi connectivity index (χ3v) is 6.55. The van der Waals surface area contributed by atoms with Crippen molar-refractivity contribution in [2.45, 2.75) is 20.0 Å². The van der Waals surface area contributed by atoms with Gasteiger partial charge in [-0.1, -0.05) is 11.6 Å². The molecule has 13 heteroatoms. The lowest BCUT2D eigenvalue weighted by Crippen LogP contribution is -2.24. The number of ether oxygens (including phenoxy) is 3. The van der Waals surface area contributed by atoms with E-state index in [2.05, 4.69) is 30.2 Å². The van der Waals surface area contributed by atoms with Gasteiger partial charge in [-0.2, -0.15) is 0 Å². The minimum atomic E-state index is -0.703. The average molecular weight is 555 g/mol. The van der Waals surface area contributed by atoms with Crippen LogP contribution in [0.4, 0.5) is 14.9 Å². The van der Waals surface area contributed by atoms with Gasteiger partial charge in [-0.25, -0.2) is 34.1 Å². The standard InChI is InChI=1S/C25H20ClFN6O4S/c1-12(11-36-25(34)31-15-8-28-13(2)29-9-15)37-20-7-21-18(6-17(20)27)33-24(38-21)16-4-14(26)5-19-23(16)30-10-22(32-19)35-3/h4-10,12H,11H2,1-3H3,(H,31,34)/t12-/m0/s1. The van der Waals surface area contributed by atoms with Crippen molar-refractivity contribution >= 4 is 56.0 Å². The number of anilines is 1. The second kappa shape index (κ2) is 10.7. The lowest BCUT2D eigenvalue weighted by molar-refractivity contribution is 0.0969. The fraction of sp³-hybridized carbons (Fsp3) is 0.200. The van der Waals surface area contributed by atoms with Crippen molar-refractivity contribution in [1.29, 1.82) is 0 Å². The highest BCUT2D eigenvalue weighted by Gasteiger charge is 2.18. The van der Waals surface area contributed by atoms with Gasteiger partial charge in [-0.15, -0.1) is 11.3 Å². The molecule has 1 atom stereocenters. The summed E-state index contributed by atoms with van der Waals surface area (Å²) < 4.78 is 31.6. The van der Waals surface area contributed by atoms with E-state index in [4.69, 9.17) is 25.8 Å². The number of hydrogen-bond acceptors (Lipinski definition) is 10. The van der Waals surface area contributed by atoms with E-state index in [0.29, 0.717) is 54.2 Å². The smallest absolute Gasteiger partial charge is 0.411 e. The Morgan fingerprint density at radius 2 is 1.89 bits per heavy atom. The summed E-state index contributed by atoms with van der Waals surface area (Å²) in [5.41, 5.74) is 2.65. The van der Waals surface area contributed by atoms with Gasteiger partial charge in [0.2, 0.25) is 5.88 Å². The Morgan fingerprint density at radius 3 is 2.66 bits per heavy atom. The van der Waals surface area contributed by atoms with Crippen molar-refractivity contribution in [2.75, 3.05) is 19.0 Å². The first-order valence-electron chi connectivity index (χ1n) is 11.3. The van der Waals surface area contributed by atoms with Crippen LogP contribution in [0.25, 0.3) is 31.8 Å². The highest BCUT2D eigenvalue weighted by molar-refractivity contribution is 7.21. The molecular weight excluding hydrogens is 535 g/mol. The molecule has 194 valence electrons. The molecule has 3 heterocycles. The van der Waals surface area contributed by atoms with Gasteiger partial charge in [0, 0.05) is 22.7 Å². The van der Waals surface area contributed by atoms with Gasteiger partial charge in [-0.3, -0.25) is 5.32 Å². The largest absolute Gasteiger partial charge is 0.484 e. The van der Waals surface area contributed by atoms with Gasteiger partial charge in [0.25, 0.3) is 0 Å². The number of nitrogens with zero attached hydrogens (tertiary/aromatic N) is 5. The molecule has 5 rings (SSSR count). The lowest BCUT2D eigenvalue weighted by Gasteiger charge is -2.15. The van der Waals surface area contributed by atoms with Gasteiger partial charge in [0.15, 0.2) is 11.6 Å². The minimum absolute atomic E-state index is 0.0108. The summed E-state index contributed by atoms with van der Waals surface area (Å²) in [6.45, 7) is 3.28. The molecule has 10 nitrogen and oxygen atoms in total. The SMILES string of the molecule is COc1cnc2c(-c3nc4cc(F)c(O[C@@H](C)COC(=O)Nc5cnc(C)nc5)cc4s3)cc(Cl)cc2n1. The number of amides is 1. The van der Waals surface area contributed by atoms with Crippen LogP contribution in [0, 0.1) is 12.7 Å². The van der Waals surface area contributed by atoms with E-state index >= 15 is 0 Å². The molecule has 0 unspecified atom stereocenters. The molecule has 2 aromatic carbocycles. The van der Waals surface area contributed by atoms with Crippen molar-refractivity contribution in [2.24, 2.45) is 0 Å². The molecule has 0 saturated carbocycles. The van der Waals surface area contributed by atoms with E-state index in [1.807, 2.05) is 0 Å². The Hall–Kier alpha value is -4.16. The van der Waals surface area contributed by atoms with Gasteiger partial charge in [-0.05, 0) is 26.0 Å². The fourth-order valence-electron chi connectivity index (χ4n) is 3.52. The summed E-state index contributed by atoms with van der Waals surface area (Å²) in [4.78, 5) is 33.4. The molecule has 1 N–H and O–H groups in total. The maximum atomic E-state index is 14.9. The summed E-state index contributed by atoms with van der Waals surface area (Å²) in [5, 5.41) is 3.57. The van der Waals surface area contributed by atoms with Crippen molar-refractivity contribution in [3.05, 3.63) is 59.5 Å². The zero-order valence-electron chi connectivity index (χ0n) is 20.4. The minimum Gasteiger partial charge on any atom is -0.484 e. The Labute approximate surface area is 224 Å². The Kier molecular flexibility index (Phi) is 7.16. The topological polar surface area (TPSA) is 121 Å². The van der Waals surface area contributed by atoms with Crippen LogP contribution in [0.15, 0.2) is 42.9 Å². The molecule has 1 amide bonds. The third-order valence-electron chi connectivity index (χ3n) is 5.28. The first-order valence-corrected chi connectivity index (χ1v) is 12.5. The molecule has 0 radical (unpaired) electrons.